The molecule has 0 spiro atoms. The summed E-state index contributed by atoms with van der Waals surface area (Å²) in [5, 5.41) is 23.0. The molecule has 0 fully saturated rings. The van der Waals surface area contributed by atoms with Crippen LogP contribution in [0.15, 0.2) is 36.5 Å². The van der Waals surface area contributed by atoms with E-state index in [4.69, 9.17) is 0 Å². The van der Waals surface area contributed by atoms with Crippen LogP contribution in [0.4, 0.5) is 0 Å². The summed E-state index contributed by atoms with van der Waals surface area (Å²) < 4.78 is 0. The molecule has 0 bridgehead atoms. The molecule has 2 atom stereocenters. The van der Waals surface area contributed by atoms with Gasteiger partial charge in [0.05, 0.1) is 18.8 Å². The molecule has 0 radical (unpaired) electrons. The second kappa shape index (κ2) is 42.0. The second-order valence-corrected chi connectivity index (χ2v) is 15.1. The SMILES string of the molecule is CCCCCCCCCCCCCCCCC/C=C/CC/C=C/CC/C=C/C(O)C(CO)NC(=O)CCCCCCCCCCCCCCC. The van der Waals surface area contributed by atoms with Gasteiger partial charge in [0.15, 0.2) is 0 Å². The molecule has 0 aliphatic carbocycles. The van der Waals surface area contributed by atoms with Gasteiger partial charge in [-0.05, 0) is 44.9 Å². The first kappa shape index (κ1) is 48.6. The molecule has 0 aromatic rings. The van der Waals surface area contributed by atoms with Crippen LogP contribution < -0.4 is 5.32 Å². The van der Waals surface area contributed by atoms with Crippen LogP contribution >= 0.6 is 0 Å². The van der Waals surface area contributed by atoms with Crippen LogP contribution in [0.5, 0.6) is 0 Å². The third-order valence-corrected chi connectivity index (χ3v) is 10.1. The fraction of sp³-hybridized carbons (Fsp3) is 0.848. The number of hydrogen-bond donors (Lipinski definition) is 3. The molecule has 2 unspecified atom stereocenters. The van der Waals surface area contributed by atoms with Crippen LogP contribution in [-0.4, -0.2) is 34.9 Å². The third kappa shape index (κ3) is 37.9. The zero-order valence-electron chi connectivity index (χ0n) is 33.7. The minimum atomic E-state index is -0.866. The summed E-state index contributed by atoms with van der Waals surface area (Å²) in [6, 6.07) is -0.641. The van der Waals surface area contributed by atoms with Gasteiger partial charge in [-0.2, -0.15) is 0 Å². The van der Waals surface area contributed by atoms with Gasteiger partial charge in [-0.3, -0.25) is 4.79 Å². The number of hydrogen-bond acceptors (Lipinski definition) is 3. The number of nitrogens with one attached hydrogen (secondary N) is 1. The van der Waals surface area contributed by atoms with E-state index >= 15 is 0 Å². The van der Waals surface area contributed by atoms with Gasteiger partial charge in [0, 0.05) is 6.42 Å². The fourth-order valence-electron chi connectivity index (χ4n) is 6.68. The van der Waals surface area contributed by atoms with E-state index in [1.54, 1.807) is 6.08 Å². The molecule has 0 aromatic heterocycles. The van der Waals surface area contributed by atoms with Gasteiger partial charge in [-0.25, -0.2) is 0 Å². The van der Waals surface area contributed by atoms with Crippen LogP contribution in [-0.2, 0) is 4.79 Å². The van der Waals surface area contributed by atoms with Crippen molar-refractivity contribution in [2.75, 3.05) is 6.61 Å². The summed E-state index contributed by atoms with van der Waals surface area (Å²) in [6.45, 7) is 4.30. The van der Waals surface area contributed by atoms with Crippen molar-refractivity contribution in [1.29, 1.82) is 0 Å². The lowest BCUT2D eigenvalue weighted by molar-refractivity contribution is -0.123. The van der Waals surface area contributed by atoms with Crippen molar-refractivity contribution in [3.05, 3.63) is 36.5 Å². The highest BCUT2D eigenvalue weighted by Crippen LogP contribution is 2.15. The number of carbonyl (C=O) groups is 1. The van der Waals surface area contributed by atoms with E-state index in [-0.39, 0.29) is 12.5 Å². The third-order valence-electron chi connectivity index (χ3n) is 10.1. The summed E-state index contributed by atoms with van der Waals surface area (Å²) in [7, 11) is 0. The smallest absolute Gasteiger partial charge is 0.220 e. The maximum Gasteiger partial charge on any atom is 0.220 e. The molecule has 0 aliphatic heterocycles. The maximum absolute atomic E-state index is 12.3. The van der Waals surface area contributed by atoms with E-state index in [0.717, 1.165) is 38.5 Å². The first-order chi connectivity index (χ1) is 24.7. The molecule has 3 N–H and O–H groups in total. The molecular formula is C46H87NO3. The van der Waals surface area contributed by atoms with Crippen LogP contribution in [0.25, 0.3) is 0 Å². The largest absolute Gasteiger partial charge is 0.394 e. The Morgan fingerprint density at radius 3 is 1.16 bits per heavy atom. The average molecular weight is 702 g/mol. The standard InChI is InChI=1S/C46H87NO3/c1-3-5-7-9-11-13-15-17-18-19-20-21-22-23-24-25-26-27-28-30-31-33-35-37-39-41-45(49)44(43-48)47-46(50)42-40-38-36-34-32-29-16-14-12-10-8-6-4-2/h26-27,31,33,39,41,44-45,48-49H,3-25,28-30,32,34-38,40,42-43H2,1-2H3,(H,47,50)/b27-26+,33-31+,41-39+. The fourth-order valence-corrected chi connectivity index (χ4v) is 6.68. The van der Waals surface area contributed by atoms with Crippen molar-refractivity contribution in [3.63, 3.8) is 0 Å². The zero-order valence-corrected chi connectivity index (χ0v) is 33.7. The monoisotopic (exact) mass is 702 g/mol. The van der Waals surface area contributed by atoms with Gasteiger partial charge in [0.2, 0.25) is 5.91 Å². The molecule has 4 nitrogen and oxygen atoms in total. The van der Waals surface area contributed by atoms with Crippen molar-refractivity contribution in [1.82, 2.24) is 5.32 Å². The minimum absolute atomic E-state index is 0.0774. The van der Waals surface area contributed by atoms with Crippen LogP contribution in [0.2, 0.25) is 0 Å². The molecule has 4 heteroatoms. The van der Waals surface area contributed by atoms with Crippen LogP contribution in [0.3, 0.4) is 0 Å². The molecule has 0 saturated carbocycles. The average Bonchev–Trinajstić information content (AvgIpc) is 3.12. The van der Waals surface area contributed by atoms with Crippen molar-refractivity contribution >= 4 is 5.91 Å². The number of carbonyl (C=O) groups excluding carboxylic acids is 1. The molecule has 0 aromatic carbocycles. The quantitative estimate of drug-likeness (QED) is 0.0440. The van der Waals surface area contributed by atoms with E-state index in [0.29, 0.717) is 6.42 Å². The summed E-state index contributed by atoms with van der Waals surface area (Å²) in [6.07, 6.45) is 55.5. The van der Waals surface area contributed by atoms with Gasteiger partial charge in [0.25, 0.3) is 0 Å². The Hall–Kier alpha value is -1.39. The van der Waals surface area contributed by atoms with Crippen molar-refractivity contribution < 1.29 is 15.0 Å². The van der Waals surface area contributed by atoms with E-state index in [9.17, 15) is 15.0 Å². The molecule has 0 rings (SSSR count). The van der Waals surface area contributed by atoms with Crippen molar-refractivity contribution in [2.24, 2.45) is 0 Å². The Balaban J connectivity index is 3.61. The van der Waals surface area contributed by atoms with E-state index in [1.807, 2.05) is 6.08 Å². The highest BCUT2D eigenvalue weighted by molar-refractivity contribution is 5.76. The number of rotatable bonds is 40. The molecule has 1 amide bonds. The normalized spacial score (nSPS) is 13.3. The molecule has 0 saturated heterocycles. The van der Waals surface area contributed by atoms with E-state index in [2.05, 4.69) is 43.5 Å². The van der Waals surface area contributed by atoms with E-state index < -0.39 is 12.1 Å². The maximum atomic E-state index is 12.3. The Bertz CT molecular complexity index is 760. The van der Waals surface area contributed by atoms with Gasteiger partial charge in [0.1, 0.15) is 0 Å². The number of amides is 1. The highest BCUT2D eigenvalue weighted by Gasteiger charge is 2.17. The van der Waals surface area contributed by atoms with Crippen LogP contribution in [0, 0.1) is 0 Å². The highest BCUT2D eigenvalue weighted by atomic mass is 16.3. The molecule has 50 heavy (non-hydrogen) atoms. The van der Waals surface area contributed by atoms with Gasteiger partial charge in [-0.1, -0.05) is 217 Å². The minimum Gasteiger partial charge on any atom is -0.394 e. The lowest BCUT2D eigenvalue weighted by Gasteiger charge is -2.19. The van der Waals surface area contributed by atoms with Crippen molar-refractivity contribution in [2.45, 2.75) is 244 Å². The summed E-state index contributed by atoms with van der Waals surface area (Å²) in [4.78, 5) is 12.3. The summed E-state index contributed by atoms with van der Waals surface area (Å²) in [5.41, 5.74) is 0. The van der Waals surface area contributed by atoms with Gasteiger partial charge >= 0.3 is 0 Å². The van der Waals surface area contributed by atoms with Gasteiger partial charge < -0.3 is 15.5 Å². The number of allylic oxidation sites excluding steroid dienone is 5. The first-order valence-electron chi connectivity index (χ1n) is 22.2. The molecule has 0 heterocycles. The number of aliphatic hydroxyl groups is 2. The Morgan fingerprint density at radius 2 is 0.780 bits per heavy atom. The van der Waals surface area contributed by atoms with Crippen LogP contribution in [0.1, 0.15) is 232 Å². The summed E-state index contributed by atoms with van der Waals surface area (Å²) >= 11 is 0. The number of unbranched alkanes of at least 4 members (excludes halogenated alkanes) is 29. The summed E-state index contributed by atoms with van der Waals surface area (Å²) in [5.74, 6) is -0.0774. The predicted molar refractivity (Wildman–Crippen MR) is 221 cm³/mol. The predicted octanol–water partition coefficient (Wildman–Crippen LogP) is 13.8. The lowest BCUT2D eigenvalue weighted by atomic mass is 10.0. The Morgan fingerprint density at radius 1 is 0.460 bits per heavy atom. The topological polar surface area (TPSA) is 69.6 Å². The van der Waals surface area contributed by atoms with Crippen molar-refractivity contribution in [3.8, 4) is 0 Å². The second-order valence-electron chi connectivity index (χ2n) is 15.1. The molecular weight excluding hydrogens is 615 g/mol. The van der Waals surface area contributed by atoms with E-state index in [1.165, 1.54) is 173 Å². The number of aliphatic hydroxyl groups excluding tert-OH is 2. The molecule has 0 aliphatic rings. The van der Waals surface area contributed by atoms with Gasteiger partial charge in [-0.15, -0.1) is 0 Å². The zero-order chi connectivity index (χ0) is 36.4. The lowest BCUT2D eigenvalue weighted by Crippen LogP contribution is -2.45. The Kier molecular flexibility index (Phi) is 40.9. The molecule has 294 valence electrons. The Labute approximate surface area is 312 Å². The first-order valence-corrected chi connectivity index (χ1v) is 22.2.